The van der Waals surface area contributed by atoms with Gasteiger partial charge < -0.3 is 5.32 Å². The van der Waals surface area contributed by atoms with Crippen LogP contribution < -0.4 is 10.6 Å². The SMILES string of the molecule is Cn1cc(NC(=O)Nc2ccc(I)cn2)cn1. The molecule has 0 atom stereocenters. The van der Waals surface area contributed by atoms with Crippen LogP contribution in [0.3, 0.4) is 0 Å². The lowest BCUT2D eigenvalue weighted by Gasteiger charge is -2.04. The van der Waals surface area contributed by atoms with E-state index in [4.69, 9.17) is 0 Å². The Morgan fingerprint density at radius 2 is 2.18 bits per heavy atom. The number of amides is 2. The predicted molar refractivity (Wildman–Crippen MR) is 72.8 cm³/mol. The van der Waals surface area contributed by atoms with Crippen LogP contribution in [0.2, 0.25) is 0 Å². The summed E-state index contributed by atoms with van der Waals surface area (Å²) in [5, 5.41) is 9.22. The van der Waals surface area contributed by atoms with Crippen LogP contribution in [0.15, 0.2) is 30.7 Å². The third kappa shape index (κ3) is 3.41. The number of hydrogen-bond donors (Lipinski definition) is 2. The molecule has 17 heavy (non-hydrogen) atoms. The molecule has 0 aliphatic carbocycles. The van der Waals surface area contributed by atoms with Crippen molar-refractivity contribution in [3.63, 3.8) is 0 Å². The molecule has 2 aromatic rings. The van der Waals surface area contributed by atoms with Crippen molar-refractivity contribution < 1.29 is 4.79 Å². The molecule has 0 fully saturated rings. The van der Waals surface area contributed by atoms with Gasteiger partial charge >= 0.3 is 6.03 Å². The number of urea groups is 1. The van der Waals surface area contributed by atoms with Crippen molar-refractivity contribution in [3.8, 4) is 0 Å². The van der Waals surface area contributed by atoms with E-state index in [-0.39, 0.29) is 6.03 Å². The third-order valence-corrected chi connectivity index (χ3v) is 2.57. The molecular weight excluding hydrogens is 333 g/mol. The van der Waals surface area contributed by atoms with Crippen LogP contribution in [0.1, 0.15) is 0 Å². The van der Waals surface area contributed by atoms with Crippen molar-refractivity contribution in [1.29, 1.82) is 0 Å². The Balaban J connectivity index is 1.95. The summed E-state index contributed by atoms with van der Waals surface area (Å²) in [5.41, 5.74) is 0.635. The van der Waals surface area contributed by atoms with E-state index in [1.165, 1.54) is 0 Å². The normalized spacial score (nSPS) is 10.0. The second kappa shape index (κ2) is 5.13. The number of aromatic nitrogens is 3. The highest BCUT2D eigenvalue weighted by Crippen LogP contribution is 2.08. The van der Waals surface area contributed by atoms with E-state index in [9.17, 15) is 4.79 Å². The largest absolute Gasteiger partial charge is 0.324 e. The van der Waals surface area contributed by atoms with E-state index >= 15 is 0 Å². The molecule has 88 valence electrons. The standard InChI is InChI=1S/C10H10IN5O/c1-16-6-8(5-13-16)14-10(17)15-9-3-2-7(11)4-12-9/h2-6H,1H3,(H2,12,14,15,17). The average Bonchev–Trinajstić information content (AvgIpc) is 2.67. The van der Waals surface area contributed by atoms with Gasteiger partial charge in [0.15, 0.2) is 0 Å². The molecule has 0 radical (unpaired) electrons. The monoisotopic (exact) mass is 343 g/mol. The van der Waals surface area contributed by atoms with Gasteiger partial charge in [-0.25, -0.2) is 9.78 Å². The molecule has 6 nitrogen and oxygen atoms in total. The summed E-state index contributed by atoms with van der Waals surface area (Å²) >= 11 is 2.15. The lowest BCUT2D eigenvalue weighted by Crippen LogP contribution is -2.19. The third-order valence-electron chi connectivity index (χ3n) is 1.93. The van der Waals surface area contributed by atoms with Crippen molar-refractivity contribution >= 4 is 40.1 Å². The average molecular weight is 343 g/mol. The molecule has 0 bridgehead atoms. The van der Waals surface area contributed by atoms with Crippen LogP contribution in [-0.4, -0.2) is 20.8 Å². The number of carbonyl (C=O) groups is 1. The Kier molecular flexibility index (Phi) is 3.57. The summed E-state index contributed by atoms with van der Waals surface area (Å²) in [7, 11) is 1.78. The number of halogens is 1. The molecule has 0 spiro atoms. The molecule has 0 unspecified atom stereocenters. The van der Waals surface area contributed by atoms with Crippen LogP contribution >= 0.6 is 22.6 Å². The molecule has 0 aliphatic rings. The summed E-state index contributed by atoms with van der Waals surface area (Å²) in [4.78, 5) is 15.6. The number of pyridine rings is 1. The number of hydrogen-bond acceptors (Lipinski definition) is 3. The molecule has 0 aromatic carbocycles. The summed E-state index contributed by atoms with van der Waals surface area (Å²) in [6, 6.07) is 3.27. The van der Waals surface area contributed by atoms with Crippen LogP contribution in [0.25, 0.3) is 0 Å². The second-order valence-electron chi connectivity index (χ2n) is 3.34. The summed E-state index contributed by atoms with van der Waals surface area (Å²) in [6.45, 7) is 0. The molecule has 2 N–H and O–H groups in total. The first kappa shape index (κ1) is 11.8. The molecule has 2 rings (SSSR count). The van der Waals surface area contributed by atoms with Crippen LogP contribution in [0.5, 0.6) is 0 Å². The summed E-state index contributed by atoms with van der Waals surface area (Å²) in [5.74, 6) is 0.506. The van der Waals surface area contributed by atoms with Gasteiger partial charge in [0.2, 0.25) is 0 Å². The van der Waals surface area contributed by atoms with E-state index in [1.54, 1.807) is 36.4 Å². The van der Waals surface area contributed by atoms with Crippen molar-refractivity contribution in [2.24, 2.45) is 7.05 Å². The minimum Gasteiger partial charge on any atom is -0.305 e. The van der Waals surface area contributed by atoms with Gasteiger partial charge in [0, 0.05) is 23.0 Å². The fourth-order valence-corrected chi connectivity index (χ4v) is 1.53. The van der Waals surface area contributed by atoms with Gasteiger partial charge in [0.25, 0.3) is 0 Å². The Hall–Kier alpha value is -1.64. The highest BCUT2D eigenvalue weighted by molar-refractivity contribution is 14.1. The van der Waals surface area contributed by atoms with Crippen LogP contribution in [0.4, 0.5) is 16.3 Å². The van der Waals surface area contributed by atoms with E-state index in [2.05, 4.69) is 43.3 Å². The van der Waals surface area contributed by atoms with E-state index in [0.717, 1.165) is 3.57 Å². The lowest BCUT2D eigenvalue weighted by atomic mass is 10.4. The number of aryl methyl sites for hydroxylation is 1. The van der Waals surface area contributed by atoms with Gasteiger partial charge in [0.05, 0.1) is 11.9 Å². The number of anilines is 2. The van der Waals surface area contributed by atoms with Gasteiger partial charge in [-0.15, -0.1) is 0 Å². The number of nitrogens with one attached hydrogen (secondary N) is 2. The highest BCUT2D eigenvalue weighted by atomic mass is 127. The summed E-state index contributed by atoms with van der Waals surface area (Å²) < 4.78 is 2.62. The zero-order valence-corrected chi connectivity index (χ0v) is 11.2. The smallest absolute Gasteiger partial charge is 0.305 e. The summed E-state index contributed by atoms with van der Waals surface area (Å²) in [6.07, 6.45) is 4.96. The fourth-order valence-electron chi connectivity index (χ4n) is 1.21. The van der Waals surface area contributed by atoms with Crippen LogP contribution in [-0.2, 0) is 7.05 Å². The maximum absolute atomic E-state index is 11.6. The van der Waals surface area contributed by atoms with Gasteiger partial charge in [0.1, 0.15) is 5.82 Å². The van der Waals surface area contributed by atoms with Gasteiger partial charge in [-0.1, -0.05) is 0 Å². The van der Waals surface area contributed by atoms with Gasteiger partial charge in [-0.05, 0) is 34.7 Å². The molecule has 0 saturated heterocycles. The van der Waals surface area contributed by atoms with E-state index in [0.29, 0.717) is 11.5 Å². The first-order valence-electron chi connectivity index (χ1n) is 4.82. The topological polar surface area (TPSA) is 71.8 Å². The number of nitrogens with zero attached hydrogens (tertiary/aromatic N) is 3. The van der Waals surface area contributed by atoms with E-state index < -0.39 is 0 Å². The lowest BCUT2D eigenvalue weighted by molar-refractivity contribution is 0.262. The van der Waals surface area contributed by atoms with Gasteiger partial charge in [-0.3, -0.25) is 10.00 Å². The van der Waals surface area contributed by atoms with Crippen molar-refractivity contribution in [2.75, 3.05) is 10.6 Å². The minimum absolute atomic E-state index is 0.341. The Bertz CT molecular complexity index is 522. The zero-order chi connectivity index (χ0) is 12.3. The molecule has 2 aromatic heterocycles. The zero-order valence-electron chi connectivity index (χ0n) is 9.01. The Labute approximate surface area is 112 Å². The minimum atomic E-state index is -0.341. The molecule has 0 aliphatic heterocycles. The van der Waals surface area contributed by atoms with Crippen molar-refractivity contribution in [3.05, 3.63) is 34.3 Å². The van der Waals surface area contributed by atoms with Crippen LogP contribution in [0, 0.1) is 3.57 Å². The predicted octanol–water partition coefficient (Wildman–Crippen LogP) is 2.06. The molecule has 2 heterocycles. The molecular formula is C10H10IN5O. The quantitative estimate of drug-likeness (QED) is 0.820. The maximum atomic E-state index is 11.6. The molecule has 7 heteroatoms. The van der Waals surface area contributed by atoms with Crippen molar-refractivity contribution in [2.45, 2.75) is 0 Å². The molecule has 2 amide bonds. The Morgan fingerprint density at radius 3 is 2.76 bits per heavy atom. The highest BCUT2D eigenvalue weighted by Gasteiger charge is 2.04. The second-order valence-corrected chi connectivity index (χ2v) is 4.59. The Morgan fingerprint density at radius 1 is 1.35 bits per heavy atom. The fraction of sp³-hybridized carbons (Fsp3) is 0.100. The molecule has 0 saturated carbocycles. The number of rotatable bonds is 2. The first-order chi connectivity index (χ1) is 8.13. The first-order valence-corrected chi connectivity index (χ1v) is 5.89. The van der Waals surface area contributed by atoms with Crippen molar-refractivity contribution in [1.82, 2.24) is 14.8 Å². The van der Waals surface area contributed by atoms with E-state index in [1.807, 2.05) is 6.07 Å². The van der Waals surface area contributed by atoms with Gasteiger partial charge in [-0.2, -0.15) is 5.10 Å². The number of carbonyl (C=O) groups excluding carboxylic acids is 1. The maximum Gasteiger partial charge on any atom is 0.324 e.